The van der Waals surface area contributed by atoms with Gasteiger partial charge in [0.2, 0.25) is 11.8 Å². The zero-order chi connectivity index (χ0) is 34.2. The van der Waals surface area contributed by atoms with Gasteiger partial charge in [-0.05, 0) is 68.8 Å². The van der Waals surface area contributed by atoms with Crippen molar-refractivity contribution in [1.29, 1.82) is 0 Å². The van der Waals surface area contributed by atoms with Crippen LogP contribution in [0.1, 0.15) is 40.0 Å². The number of esters is 1. The predicted molar refractivity (Wildman–Crippen MR) is 188 cm³/mol. The van der Waals surface area contributed by atoms with Crippen LogP contribution in [0, 0.1) is 0 Å². The molecular formula is C33H40Cl4N4O5. The van der Waals surface area contributed by atoms with Gasteiger partial charge >= 0.3 is 5.97 Å². The molecule has 0 aliphatic carbocycles. The lowest BCUT2D eigenvalue weighted by atomic mass is 10.1. The van der Waals surface area contributed by atoms with Gasteiger partial charge in [0.05, 0.1) is 29.8 Å². The van der Waals surface area contributed by atoms with Gasteiger partial charge in [-0.25, -0.2) is 4.79 Å². The Labute approximate surface area is 290 Å². The van der Waals surface area contributed by atoms with Crippen molar-refractivity contribution in [2.45, 2.75) is 58.2 Å². The Bertz CT molecular complexity index is 1410. The summed E-state index contributed by atoms with van der Waals surface area (Å²) in [6, 6.07) is 18.1. The average molecular weight is 715 g/mol. The highest BCUT2D eigenvalue weighted by Gasteiger charge is 2.20. The monoisotopic (exact) mass is 712 g/mol. The van der Waals surface area contributed by atoms with E-state index in [2.05, 4.69) is 27.6 Å². The second-order valence-corrected chi connectivity index (χ2v) is 12.1. The lowest BCUT2D eigenvalue weighted by Gasteiger charge is -2.25. The van der Waals surface area contributed by atoms with E-state index >= 15 is 0 Å². The predicted octanol–water partition coefficient (Wildman–Crippen LogP) is 7.27. The number of hydrogen-bond acceptors (Lipinski definition) is 7. The molecule has 0 spiro atoms. The van der Waals surface area contributed by atoms with Crippen LogP contribution < -0.4 is 20.9 Å². The molecular weight excluding hydrogens is 674 g/mol. The van der Waals surface area contributed by atoms with Crippen molar-refractivity contribution >= 4 is 81.2 Å². The minimum atomic E-state index is -0.738. The highest BCUT2D eigenvalue weighted by molar-refractivity contribution is 6.42. The Morgan fingerprint density at radius 1 is 0.848 bits per heavy atom. The highest BCUT2D eigenvalue weighted by atomic mass is 35.5. The van der Waals surface area contributed by atoms with E-state index in [4.69, 9.17) is 46.4 Å². The van der Waals surface area contributed by atoms with E-state index in [1.807, 2.05) is 30.3 Å². The summed E-state index contributed by atoms with van der Waals surface area (Å²) in [5.74, 6) is -1.00. The second-order valence-electron chi connectivity index (χ2n) is 10.4. The molecule has 0 saturated heterocycles. The van der Waals surface area contributed by atoms with Gasteiger partial charge in [-0.2, -0.15) is 0 Å². The van der Waals surface area contributed by atoms with E-state index < -0.39 is 18.1 Å². The summed E-state index contributed by atoms with van der Waals surface area (Å²) in [4.78, 5) is 37.7. The highest BCUT2D eigenvalue weighted by Crippen LogP contribution is 2.30. The number of unbranched alkanes of at least 4 members (excludes halogenated alkanes) is 1. The molecule has 1 unspecified atom stereocenters. The third kappa shape index (κ3) is 13.3. The lowest BCUT2D eigenvalue weighted by Crippen LogP contribution is -2.44. The van der Waals surface area contributed by atoms with E-state index in [0.29, 0.717) is 25.8 Å². The number of nitrogens with one attached hydrogen (secondary N) is 3. The number of aliphatic hydroxyl groups excluding tert-OH is 1. The summed E-state index contributed by atoms with van der Waals surface area (Å²) >= 11 is 24.0. The summed E-state index contributed by atoms with van der Waals surface area (Å²) in [6.07, 6.45) is 2.78. The van der Waals surface area contributed by atoms with Crippen molar-refractivity contribution in [2.75, 3.05) is 30.5 Å². The number of benzene rings is 3. The quantitative estimate of drug-likeness (QED) is 0.130. The van der Waals surface area contributed by atoms with Crippen LogP contribution in [0.25, 0.3) is 0 Å². The van der Waals surface area contributed by atoms with Crippen molar-refractivity contribution < 1.29 is 24.2 Å². The Kier molecular flexibility index (Phi) is 17.0. The van der Waals surface area contributed by atoms with Crippen molar-refractivity contribution in [2.24, 2.45) is 0 Å². The maximum Gasteiger partial charge on any atom is 0.328 e. The fraction of sp³-hybridized carbons (Fsp3) is 0.364. The molecule has 0 fully saturated rings. The molecule has 0 bridgehead atoms. The van der Waals surface area contributed by atoms with Crippen LogP contribution in [-0.4, -0.2) is 61.3 Å². The van der Waals surface area contributed by atoms with Crippen LogP contribution in [-0.2, 0) is 19.1 Å². The van der Waals surface area contributed by atoms with Crippen LogP contribution in [0.15, 0.2) is 66.7 Å². The summed E-state index contributed by atoms with van der Waals surface area (Å²) in [6.45, 7) is 5.33. The molecule has 0 aromatic heterocycles. The van der Waals surface area contributed by atoms with Crippen molar-refractivity contribution in [3.05, 3.63) is 86.8 Å². The van der Waals surface area contributed by atoms with Gasteiger partial charge in [0.15, 0.2) is 0 Å². The number of rotatable bonds is 14. The van der Waals surface area contributed by atoms with Crippen LogP contribution in [0.5, 0.6) is 0 Å². The van der Waals surface area contributed by atoms with Gasteiger partial charge in [0, 0.05) is 27.1 Å². The number of halogens is 4. The fourth-order valence-corrected chi connectivity index (χ4v) is 5.00. The third-order valence-electron chi connectivity index (χ3n) is 6.63. The van der Waals surface area contributed by atoms with Crippen molar-refractivity contribution in [3.63, 3.8) is 0 Å². The van der Waals surface area contributed by atoms with Gasteiger partial charge in [0.1, 0.15) is 18.6 Å². The molecule has 0 heterocycles. The fourth-order valence-electron chi connectivity index (χ4n) is 4.19. The Morgan fingerprint density at radius 3 is 2.07 bits per heavy atom. The lowest BCUT2D eigenvalue weighted by molar-refractivity contribution is -0.144. The normalized spacial score (nSPS) is 12.5. The molecule has 0 aliphatic heterocycles. The van der Waals surface area contributed by atoms with E-state index in [9.17, 15) is 19.5 Å². The number of aliphatic hydroxyl groups is 1. The topological polar surface area (TPSA) is 120 Å². The minimum absolute atomic E-state index is 0.0119. The maximum absolute atomic E-state index is 12.4. The van der Waals surface area contributed by atoms with Gasteiger partial charge in [-0.1, -0.05) is 84.4 Å². The van der Waals surface area contributed by atoms with E-state index in [1.54, 1.807) is 55.1 Å². The summed E-state index contributed by atoms with van der Waals surface area (Å²) in [7, 11) is 1.27. The largest absolute Gasteiger partial charge is 0.467 e. The van der Waals surface area contributed by atoms with Crippen LogP contribution >= 0.6 is 46.4 Å². The number of amides is 2. The number of ether oxygens (including phenoxy) is 1. The first kappa shape index (κ1) is 39.0. The van der Waals surface area contributed by atoms with Gasteiger partial charge < -0.3 is 30.7 Å². The average Bonchev–Trinajstić information content (AvgIpc) is 3.03. The van der Waals surface area contributed by atoms with Crippen molar-refractivity contribution in [1.82, 2.24) is 10.6 Å². The molecule has 0 aliphatic rings. The molecule has 9 nitrogen and oxygen atoms in total. The standard InChI is InChI=1S/C18H18Cl2N2O3.C15H22Cl2N2O2/c1-12(18(24)25-2)21-17(23)11-22(15-6-4-3-5-7-15)16-9-13(19)8-14(20)10-16;1-3-4-5-12(9-20)19-15(21)10(2)18-11-6-7-13(16)14(17)8-11/h3-10,12H,11H2,1-2H3,(H,21,23);6-8,10,12,18,20H,3-5,9H2,1-2H3,(H,19,21)/t12-;10-,12?/m00/s1. The van der Waals surface area contributed by atoms with Crippen LogP contribution in [0.3, 0.4) is 0 Å². The second kappa shape index (κ2) is 20.1. The first-order chi connectivity index (χ1) is 21.9. The molecule has 250 valence electrons. The minimum Gasteiger partial charge on any atom is -0.467 e. The summed E-state index contributed by atoms with van der Waals surface area (Å²) < 4.78 is 4.62. The van der Waals surface area contributed by atoms with Gasteiger partial charge in [-0.3, -0.25) is 9.59 Å². The molecule has 0 radical (unpaired) electrons. The number of hydrogen-bond donors (Lipinski definition) is 4. The smallest absolute Gasteiger partial charge is 0.328 e. The molecule has 4 N–H and O–H groups in total. The van der Waals surface area contributed by atoms with Crippen LogP contribution in [0.4, 0.5) is 17.1 Å². The molecule has 0 saturated carbocycles. The van der Waals surface area contributed by atoms with Gasteiger partial charge in [-0.15, -0.1) is 0 Å². The zero-order valence-electron chi connectivity index (χ0n) is 26.2. The van der Waals surface area contributed by atoms with Crippen LogP contribution in [0.2, 0.25) is 20.1 Å². The molecule has 3 rings (SSSR count). The molecule has 46 heavy (non-hydrogen) atoms. The molecule has 3 atom stereocenters. The van der Waals surface area contributed by atoms with E-state index in [0.717, 1.165) is 30.6 Å². The number of para-hydroxylation sites is 1. The number of carbonyl (C=O) groups is 3. The van der Waals surface area contributed by atoms with E-state index in [-0.39, 0.29) is 31.0 Å². The molecule has 3 aromatic carbocycles. The Hall–Kier alpha value is -3.21. The van der Waals surface area contributed by atoms with E-state index in [1.165, 1.54) is 7.11 Å². The molecule has 2 amide bonds. The zero-order valence-corrected chi connectivity index (χ0v) is 29.2. The maximum atomic E-state index is 12.4. The first-order valence-corrected chi connectivity index (χ1v) is 16.2. The van der Waals surface area contributed by atoms with Crippen molar-refractivity contribution in [3.8, 4) is 0 Å². The Morgan fingerprint density at radius 2 is 1.50 bits per heavy atom. The number of carbonyl (C=O) groups excluding carboxylic acids is 3. The number of anilines is 3. The number of methoxy groups -OCH3 is 1. The first-order valence-electron chi connectivity index (χ1n) is 14.7. The van der Waals surface area contributed by atoms with Gasteiger partial charge in [0.25, 0.3) is 0 Å². The molecule has 13 heteroatoms. The summed E-state index contributed by atoms with van der Waals surface area (Å²) in [5.41, 5.74) is 2.19. The SMILES string of the molecule is CCCCC(CO)NC(=O)[C@H](C)Nc1ccc(Cl)c(Cl)c1.COC(=O)[C@H](C)NC(=O)CN(c1ccccc1)c1cc(Cl)cc(Cl)c1. The molecule has 3 aromatic rings. The Balaban J connectivity index is 0.000000326. The summed E-state index contributed by atoms with van der Waals surface area (Å²) in [5, 5.41) is 19.6. The third-order valence-corrected chi connectivity index (χ3v) is 7.81. The number of nitrogens with zero attached hydrogens (tertiary/aromatic N) is 1.